The van der Waals surface area contributed by atoms with Crippen molar-refractivity contribution in [3.05, 3.63) is 35.1 Å². The number of likely N-dealkylation sites (N-methyl/N-ethyl adjacent to an activating group) is 1. The summed E-state index contributed by atoms with van der Waals surface area (Å²) in [6.45, 7) is 1.82. The molecule has 0 bridgehead atoms. The Kier molecular flexibility index (Phi) is 3.59. The number of nitrogens with one attached hydrogen (secondary N) is 1. The van der Waals surface area contributed by atoms with Gasteiger partial charge >= 0.3 is 0 Å². The van der Waals surface area contributed by atoms with Crippen LogP contribution in [-0.2, 0) is 0 Å². The van der Waals surface area contributed by atoms with Gasteiger partial charge in [0.25, 0.3) is 0 Å². The van der Waals surface area contributed by atoms with E-state index in [0.717, 1.165) is 11.1 Å². The van der Waals surface area contributed by atoms with Crippen LogP contribution in [-0.4, -0.2) is 13.1 Å². The molecule has 1 saturated carbocycles. The highest BCUT2D eigenvalue weighted by Crippen LogP contribution is 2.33. The predicted molar refractivity (Wildman–Crippen MR) is 65.2 cm³/mol. The van der Waals surface area contributed by atoms with Crippen LogP contribution >= 0.6 is 0 Å². The summed E-state index contributed by atoms with van der Waals surface area (Å²) in [6, 6.07) is 6.20. The Morgan fingerprint density at radius 1 is 1.25 bits per heavy atom. The van der Waals surface area contributed by atoms with E-state index in [-0.39, 0.29) is 5.82 Å². The molecule has 1 aromatic carbocycles. The molecule has 2 atom stereocenters. The summed E-state index contributed by atoms with van der Waals surface area (Å²) in [6.07, 6.45) is 4.93. The van der Waals surface area contributed by atoms with Gasteiger partial charge in [0.05, 0.1) is 0 Å². The number of halogens is 1. The Bertz CT molecular complexity index is 362. The molecule has 1 N–H and O–H groups in total. The lowest BCUT2D eigenvalue weighted by Gasteiger charge is -2.31. The van der Waals surface area contributed by atoms with Crippen LogP contribution in [0.4, 0.5) is 4.39 Å². The largest absolute Gasteiger partial charge is 0.316 e. The van der Waals surface area contributed by atoms with Crippen LogP contribution in [0.5, 0.6) is 0 Å². The lowest BCUT2D eigenvalue weighted by Crippen LogP contribution is -2.34. The minimum absolute atomic E-state index is 0.0714. The zero-order valence-corrected chi connectivity index (χ0v) is 10.1. The van der Waals surface area contributed by atoms with Gasteiger partial charge in [0.1, 0.15) is 5.82 Å². The third-order valence-corrected chi connectivity index (χ3v) is 3.76. The van der Waals surface area contributed by atoms with Crippen molar-refractivity contribution in [1.82, 2.24) is 5.32 Å². The second kappa shape index (κ2) is 4.96. The monoisotopic (exact) mass is 221 g/mol. The molecule has 0 aliphatic heterocycles. The predicted octanol–water partition coefficient (Wildman–Crippen LogP) is 3.38. The van der Waals surface area contributed by atoms with E-state index in [2.05, 4.69) is 11.4 Å². The van der Waals surface area contributed by atoms with Gasteiger partial charge in [-0.15, -0.1) is 0 Å². The third kappa shape index (κ3) is 2.27. The van der Waals surface area contributed by atoms with Crippen molar-refractivity contribution >= 4 is 0 Å². The quantitative estimate of drug-likeness (QED) is 0.807. The molecule has 1 fully saturated rings. The van der Waals surface area contributed by atoms with E-state index in [1.54, 1.807) is 6.07 Å². The van der Waals surface area contributed by atoms with Crippen molar-refractivity contribution < 1.29 is 4.39 Å². The maximum atomic E-state index is 13.5. The third-order valence-electron chi connectivity index (χ3n) is 3.76. The lowest BCUT2D eigenvalue weighted by atomic mass is 9.80. The summed E-state index contributed by atoms with van der Waals surface area (Å²) < 4.78 is 13.5. The minimum atomic E-state index is -0.0714. The van der Waals surface area contributed by atoms with E-state index >= 15 is 0 Å². The standard InChI is InChI=1S/C14H20FN/c1-10-7-8-11(9-13(10)15)12-5-3-4-6-14(12)16-2/h7-9,12,14,16H,3-6H2,1-2H3. The molecule has 1 aliphatic rings. The first kappa shape index (κ1) is 11.6. The first-order chi connectivity index (χ1) is 7.72. The number of aryl methyl sites for hydroxylation is 1. The molecule has 0 heterocycles. The van der Waals surface area contributed by atoms with Gasteiger partial charge in [0.15, 0.2) is 0 Å². The average Bonchev–Trinajstić information content (AvgIpc) is 2.32. The minimum Gasteiger partial charge on any atom is -0.316 e. The Morgan fingerprint density at radius 2 is 2.00 bits per heavy atom. The van der Waals surface area contributed by atoms with Crippen LogP contribution < -0.4 is 5.32 Å². The Hall–Kier alpha value is -0.890. The highest BCUT2D eigenvalue weighted by Gasteiger charge is 2.25. The van der Waals surface area contributed by atoms with Gasteiger partial charge in [-0.1, -0.05) is 25.0 Å². The number of rotatable bonds is 2. The van der Waals surface area contributed by atoms with E-state index in [0.29, 0.717) is 12.0 Å². The Labute approximate surface area is 97.1 Å². The van der Waals surface area contributed by atoms with Crippen molar-refractivity contribution in [1.29, 1.82) is 0 Å². The number of hydrogen-bond donors (Lipinski definition) is 1. The van der Waals surface area contributed by atoms with Crippen LogP contribution in [0.2, 0.25) is 0 Å². The first-order valence-electron chi connectivity index (χ1n) is 6.15. The molecular formula is C14H20FN. The maximum Gasteiger partial charge on any atom is 0.126 e. The number of benzene rings is 1. The van der Waals surface area contributed by atoms with Crippen molar-refractivity contribution in [3.63, 3.8) is 0 Å². The van der Waals surface area contributed by atoms with Crippen molar-refractivity contribution in [3.8, 4) is 0 Å². The van der Waals surface area contributed by atoms with E-state index in [1.807, 2.05) is 20.0 Å². The molecule has 0 amide bonds. The van der Waals surface area contributed by atoms with Crippen LogP contribution in [0.1, 0.15) is 42.7 Å². The molecule has 0 spiro atoms. The Balaban J connectivity index is 2.23. The van der Waals surface area contributed by atoms with E-state index < -0.39 is 0 Å². The van der Waals surface area contributed by atoms with E-state index in [4.69, 9.17) is 0 Å². The van der Waals surface area contributed by atoms with Gasteiger partial charge in [-0.3, -0.25) is 0 Å². The summed E-state index contributed by atoms with van der Waals surface area (Å²) in [4.78, 5) is 0. The fourth-order valence-corrected chi connectivity index (χ4v) is 2.72. The van der Waals surface area contributed by atoms with Crippen LogP contribution in [0, 0.1) is 12.7 Å². The summed E-state index contributed by atoms with van der Waals surface area (Å²) >= 11 is 0. The highest BCUT2D eigenvalue weighted by molar-refractivity contribution is 5.27. The van der Waals surface area contributed by atoms with Gasteiger partial charge < -0.3 is 5.32 Å². The van der Waals surface area contributed by atoms with E-state index in [9.17, 15) is 4.39 Å². The van der Waals surface area contributed by atoms with Crippen molar-refractivity contribution in [2.24, 2.45) is 0 Å². The molecule has 88 valence electrons. The van der Waals surface area contributed by atoms with Crippen LogP contribution in [0.25, 0.3) is 0 Å². The zero-order valence-electron chi connectivity index (χ0n) is 10.1. The summed E-state index contributed by atoms with van der Waals surface area (Å²) in [7, 11) is 2.01. The van der Waals surface area contributed by atoms with Gasteiger partial charge in [0.2, 0.25) is 0 Å². The molecule has 0 saturated heterocycles. The highest BCUT2D eigenvalue weighted by atomic mass is 19.1. The van der Waals surface area contributed by atoms with Crippen LogP contribution in [0.15, 0.2) is 18.2 Å². The zero-order chi connectivity index (χ0) is 11.5. The summed E-state index contributed by atoms with van der Waals surface area (Å²) in [5.74, 6) is 0.409. The second-order valence-electron chi connectivity index (χ2n) is 4.79. The maximum absolute atomic E-state index is 13.5. The SMILES string of the molecule is CNC1CCCCC1c1ccc(C)c(F)c1. The van der Waals surface area contributed by atoms with Gasteiger partial charge in [-0.05, 0) is 49.9 Å². The molecule has 0 radical (unpaired) electrons. The molecule has 1 aliphatic carbocycles. The fraction of sp³-hybridized carbons (Fsp3) is 0.571. The van der Waals surface area contributed by atoms with Gasteiger partial charge in [-0.2, -0.15) is 0 Å². The fourth-order valence-electron chi connectivity index (χ4n) is 2.72. The molecule has 2 unspecified atom stereocenters. The molecular weight excluding hydrogens is 201 g/mol. The number of hydrogen-bond acceptors (Lipinski definition) is 1. The Morgan fingerprint density at radius 3 is 2.69 bits per heavy atom. The lowest BCUT2D eigenvalue weighted by molar-refractivity contribution is 0.343. The normalized spacial score (nSPS) is 25.7. The summed E-state index contributed by atoms with van der Waals surface area (Å²) in [5.41, 5.74) is 1.89. The molecule has 1 nitrogen and oxygen atoms in total. The molecule has 16 heavy (non-hydrogen) atoms. The average molecular weight is 221 g/mol. The summed E-state index contributed by atoms with van der Waals surface area (Å²) in [5, 5.41) is 3.36. The molecule has 0 aromatic heterocycles. The first-order valence-corrected chi connectivity index (χ1v) is 6.15. The van der Waals surface area contributed by atoms with Gasteiger partial charge in [-0.25, -0.2) is 4.39 Å². The molecule has 2 rings (SSSR count). The van der Waals surface area contributed by atoms with Crippen molar-refractivity contribution in [2.75, 3.05) is 7.05 Å². The molecule has 1 aromatic rings. The smallest absolute Gasteiger partial charge is 0.126 e. The van der Waals surface area contributed by atoms with Crippen LogP contribution in [0.3, 0.4) is 0 Å². The van der Waals surface area contributed by atoms with E-state index in [1.165, 1.54) is 25.7 Å². The van der Waals surface area contributed by atoms with Crippen molar-refractivity contribution in [2.45, 2.75) is 44.6 Å². The topological polar surface area (TPSA) is 12.0 Å². The second-order valence-corrected chi connectivity index (χ2v) is 4.79. The van der Waals surface area contributed by atoms with Gasteiger partial charge in [0, 0.05) is 6.04 Å². The molecule has 2 heteroatoms.